The average molecular weight is 638 g/mol. The van der Waals surface area contributed by atoms with Crippen molar-refractivity contribution in [3.8, 4) is 6.07 Å². The van der Waals surface area contributed by atoms with Gasteiger partial charge >= 0.3 is 0 Å². The van der Waals surface area contributed by atoms with Crippen molar-refractivity contribution in [2.24, 2.45) is 0 Å². The highest BCUT2D eigenvalue weighted by atomic mass is 32.3. The summed E-state index contributed by atoms with van der Waals surface area (Å²) in [7, 11) is -0.377. The maximum absolute atomic E-state index is 8.96. The molecular formula is C32H47NS6. The van der Waals surface area contributed by atoms with Gasteiger partial charge in [-0.25, -0.2) is 10.9 Å². The number of thiol groups is 2. The van der Waals surface area contributed by atoms with E-state index in [2.05, 4.69) is 74.2 Å². The normalized spacial score (nSPS) is 11.2. The van der Waals surface area contributed by atoms with Gasteiger partial charge in [0.1, 0.15) is 8.28 Å². The molecule has 0 spiro atoms. The van der Waals surface area contributed by atoms with Gasteiger partial charge in [0.2, 0.25) is 0 Å². The number of rotatable bonds is 16. The van der Waals surface area contributed by atoms with Crippen LogP contribution in [0.25, 0.3) is 0 Å². The molecule has 0 bridgehead atoms. The van der Waals surface area contributed by atoms with Crippen LogP contribution in [0.1, 0.15) is 96.1 Å². The van der Waals surface area contributed by atoms with Crippen molar-refractivity contribution in [3.63, 3.8) is 0 Å². The summed E-state index contributed by atoms with van der Waals surface area (Å²) >= 11 is 18.3. The van der Waals surface area contributed by atoms with Crippen molar-refractivity contribution < 1.29 is 0 Å². The number of hydrogen-bond donors (Lipinski definition) is 2. The molecule has 7 heteroatoms. The number of nitriles is 1. The van der Waals surface area contributed by atoms with Gasteiger partial charge in [-0.3, -0.25) is 0 Å². The molecule has 0 aromatic heterocycles. The minimum Gasteiger partial charge on any atom is -0.203 e. The molecule has 0 atom stereocenters. The summed E-state index contributed by atoms with van der Waals surface area (Å²) in [5.74, 6) is 3.14. The molecule has 0 amide bonds. The topological polar surface area (TPSA) is 23.8 Å². The van der Waals surface area contributed by atoms with E-state index < -0.39 is 0 Å². The van der Waals surface area contributed by atoms with Crippen LogP contribution in [0.2, 0.25) is 0 Å². The molecule has 0 aliphatic rings. The molecule has 2 aromatic carbocycles. The minimum atomic E-state index is -0.387. The van der Waals surface area contributed by atoms with Crippen LogP contribution in [-0.2, 0) is 11.5 Å². The summed E-state index contributed by atoms with van der Waals surface area (Å²) in [5.41, 5.74) is 2.69. The Balaban J connectivity index is 0.000000393. The molecule has 0 radical (unpaired) electrons. The van der Waals surface area contributed by atoms with Gasteiger partial charge < -0.3 is 0 Å². The van der Waals surface area contributed by atoms with Gasteiger partial charge in [0.05, 0.1) is 9.60 Å². The minimum absolute atomic E-state index is 0.377. The average Bonchev–Trinajstić information content (AvgIpc) is 2.92. The second-order valence-electron chi connectivity index (χ2n) is 10.1. The van der Waals surface area contributed by atoms with Crippen LogP contribution in [0.3, 0.4) is 0 Å². The Morgan fingerprint density at radius 1 is 0.795 bits per heavy atom. The second-order valence-corrected chi connectivity index (χ2v) is 18.0. The summed E-state index contributed by atoms with van der Waals surface area (Å²) in [6, 6.07) is 23.3. The first-order valence-electron chi connectivity index (χ1n) is 14.1. The molecule has 0 fully saturated rings. The second kappa shape index (κ2) is 23.1. The van der Waals surface area contributed by atoms with Crippen LogP contribution in [0.4, 0.5) is 0 Å². The van der Waals surface area contributed by atoms with Gasteiger partial charge in [0.15, 0.2) is 0 Å². The quantitative estimate of drug-likeness (QED) is 0.108. The van der Waals surface area contributed by atoms with Gasteiger partial charge in [-0.15, -0.1) is 24.4 Å². The summed E-state index contributed by atoms with van der Waals surface area (Å²) in [6.07, 6.45) is 13.7. The molecule has 0 aliphatic carbocycles. The Labute approximate surface area is 266 Å². The molecular weight excluding hydrogens is 591 g/mol. The van der Waals surface area contributed by atoms with E-state index in [4.69, 9.17) is 29.7 Å². The molecule has 2 rings (SSSR count). The van der Waals surface area contributed by atoms with Gasteiger partial charge in [-0.1, -0.05) is 162 Å². The fourth-order valence-electron chi connectivity index (χ4n) is 3.80. The summed E-state index contributed by atoms with van der Waals surface area (Å²) in [5, 5.41) is 8.96. The molecule has 0 saturated heterocycles. The van der Waals surface area contributed by atoms with Crippen LogP contribution in [-0.4, -0.2) is 17.6 Å². The third kappa shape index (κ3) is 20.1. The highest BCUT2D eigenvalue weighted by Crippen LogP contribution is 2.37. The Morgan fingerprint density at radius 2 is 1.23 bits per heavy atom. The van der Waals surface area contributed by atoms with Crippen LogP contribution in [0, 0.1) is 11.3 Å². The fraction of sp³-hybridized carbons (Fsp3) is 0.531. The zero-order valence-corrected chi connectivity index (χ0v) is 29.0. The molecule has 0 unspecified atom stereocenters. The molecule has 39 heavy (non-hydrogen) atoms. The molecule has 216 valence electrons. The first kappa shape index (κ1) is 36.5. The number of benzene rings is 2. The highest BCUT2D eigenvalue weighted by Gasteiger charge is 2.19. The third-order valence-corrected chi connectivity index (χ3v) is 12.4. The standard InChI is InChI=1S/C17H31NS3.C15H16S3/c1-4-5-6-7-8-9-10-11-12-13-14-20-16(19)21-17(2,3)15-18;16-15(17)18(11-13-7-3-1-4-8-13)12-14-9-5-2-6-10-14/h4-14H2,1-3H3;1-10,18H,11-12H2,(H,16,17). The van der Waals surface area contributed by atoms with Gasteiger partial charge in [0.25, 0.3) is 0 Å². The maximum atomic E-state index is 8.96. The summed E-state index contributed by atoms with van der Waals surface area (Å²) in [4.78, 5) is 0. The van der Waals surface area contributed by atoms with Crippen molar-refractivity contribution in [2.75, 3.05) is 5.75 Å². The zero-order chi connectivity index (χ0) is 28.8. The molecule has 0 N–H and O–H groups in total. The molecule has 0 heterocycles. The lowest BCUT2D eigenvalue weighted by atomic mass is 10.1. The predicted octanol–water partition coefficient (Wildman–Crippen LogP) is 11.6. The van der Waals surface area contributed by atoms with Gasteiger partial charge in [-0.2, -0.15) is 5.26 Å². The summed E-state index contributed by atoms with van der Waals surface area (Å²) in [6.45, 7) is 6.11. The third-order valence-electron chi connectivity index (χ3n) is 6.03. The number of thioether (sulfide) groups is 2. The van der Waals surface area contributed by atoms with E-state index in [1.807, 2.05) is 26.0 Å². The number of hydrogen-bond acceptors (Lipinski definition) is 5. The lowest BCUT2D eigenvalue weighted by molar-refractivity contribution is 0.563. The van der Waals surface area contributed by atoms with Crippen molar-refractivity contribution >= 4 is 78.5 Å². The number of unbranched alkanes of at least 4 members (excludes halogenated alkanes) is 9. The van der Waals surface area contributed by atoms with Crippen molar-refractivity contribution in [2.45, 2.75) is 101 Å². The first-order chi connectivity index (χ1) is 18.8. The Morgan fingerprint density at radius 3 is 1.64 bits per heavy atom. The van der Waals surface area contributed by atoms with Crippen molar-refractivity contribution in [1.82, 2.24) is 0 Å². The maximum Gasteiger partial charge on any atom is 0.105 e. The predicted molar refractivity (Wildman–Crippen MR) is 195 cm³/mol. The number of nitrogens with zero attached hydrogens (tertiary/aromatic N) is 1. The Kier molecular flexibility index (Phi) is 21.7. The number of thiocarbonyl (C=S) groups is 2. The van der Waals surface area contributed by atoms with E-state index in [0.29, 0.717) is 0 Å². The smallest absolute Gasteiger partial charge is 0.105 e. The monoisotopic (exact) mass is 637 g/mol. The molecule has 1 nitrogen and oxygen atoms in total. The zero-order valence-electron chi connectivity index (χ0n) is 23.9. The van der Waals surface area contributed by atoms with Crippen molar-refractivity contribution in [1.29, 1.82) is 5.26 Å². The largest absolute Gasteiger partial charge is 0.203 e. The molecule has 0 saturated carbocycles. The molecule has 2 aromatic rings. The van der Waals surface area contributed by atoms with Gasteiger partial charge in [0, 0.05) is 11.5 Å². The Bertz CT molecular complexity index is 914. The van der Waals surface area contributed by atoms with E-state index in [0.717, 1.165) is 24.3 Å². The van der Waals surface area contributed by atoms with E-state index in [1.165, 1.54) is 87.1 Å². The van der Waals surface area contributed by atoms with E-state index >= 15 is 0 Å². The lowest BCUT2D eigenvalue weighted by Crippen LogP contribution is -2.12. The van der Waals surface area contributed by atoms with E-state index in [-0.39, 0.29) is 15.6 Å². The van der Waals surface area contributed by atoms with Crippen LogP contribution >= 0.6 is 71.5 Å². The van der Waals surface area contributed by atoms with Crippen LogP contribution < -0.4 is 0 Å². The van der Waals surface area contributed by atoms with Gasteiger partial charge in [-0.05, 0) is 37.1 Å². The van der Waals surface area contributed by atoms with E-state index in [9.17, 15) is 0 Å². The highest BCUT2D eigenvalue weighted by molar-refractivity contribution is 8.49. The SMILES string of the molecule is CCCCCCCCCCCCSC(=S)SC(C)(C)C#N.S=C(S)[SH](Cc1ccccc1)Cc1ccccc1. The van der Waals surface area contributed by atoms with Crippen LogP contribution in [0.5, 0.6) is 0 Å². The first-order valence-corrected chi connectivity index (χ1v) is 18.9. The fourth-order valence-corrected chi connectivity index (χ4v) is 9.26. The van der Waals surface area contributed by atoms with E-state index in [1.54, 1.807) is 11.8 Å². The molecule has 0 aliphatic heterocycles. The van der Waals surface area contributed by atoms with Crippen molar-refractivity contribution in [3.05, 3.63) is 71.8 Å². The lowest BCUT2D eigenvalue weighted by Gasteiger charge is -2.20. The summed E-state index contributed by atoms with van der Waals surface area (Å²) < 4.78 is 1.39. The van der Waals surface area contributed by atoms with Crippen LogP contribution in [0.15, 0.2) is 60.7 Å². The Hall–Kier alpha value is -0.490.